The molecule has 0 N–H and O–H groups in total. The van der Waals surface area contributed by atoms with Gasteiger partial charge in [0.05, 0.1) is 0 Å². The summed E-state index contributed by atoms with van der Waals surface area (Å²) in [6.07, 6.45) is 7.83. The lowest BCUT2D eigenvalue weighted by Crippen LogP contribution is -1.99. The topological polar surface area (TPSA) is 0 Å². The smallest absolute Gasteiger partial charge is 0.00203 e. The first-order chi connectivity index (χ1) is 19.7. The van der Waals surface area contributed by atoms with E-state index in [0.717, 1.165) is 55.5 Å². The molecule has 0 radical (unpaired) electrons. The van der Waals surface area contributed by atoms with Crippen LogP contribution in [0.2, 0.25) is 0 Å². The number of rotatable bonds is 7. The third-order valence-electron chi connectivity index (χ3n) is 7.79. The molecule has 0 saturated carbocycles. The van der Waals surface area contributed by atoms with Gasteiger partial charge in [0.2, 0.25) is 0 Å². The van der Waals surface area contributed by atoms with Crippen molar-refractivity contribution in [1.29, 1.82) is 0 Å². The van der Waals surface area contributed by atoms with Crippen molar-refractivity contribution in [2.45, 2.75) is 0 Å². The summed E-state index contributed by atoms with van der Waals surface area (Å²) in [6.45, 7) is 17.0. The molecule has 6 aromatic carbocycles. The molecule has 0 aliphatic carbocycles. The van der Waals surface area contributed by atoms with Crippen molar-refractivity contribution >= 4 is 45.8 Å². The molecule has 0 amide bonds. The summed E-state index contributed by atoms with van der Waals surface area (Å²) in [7, 11) is 0. The van der Waals surface area contributed by atoms with Crippen LogP contribution in [-0.2, 0) is 0 Å². The maximum absolute atomic E-state index is 4.29. The molecule has 6 rings (SSSR count). The highest BCUT2D eigenvalue weighted by molar-refractivity contribution is 6.13. The van der Waals surface area contributed by atoms with Crippen LogP contribution in [0.1, 0.15) is 22.3 Å². The van der Waals surface area contributed by atoms with Gasteiger partial charge < -0.3 is 0 Å². The zero-order chi connectivity index (χ0) is 27.6. The maximum Gasteiger partial charge on any atom is -0.00203 e. The fraction of sp³-hybridized carbons (Fsp3) is 0. The van der Waals surface area contributed by atoms with Crippen molar-refractivity contribution in [2.75, 3.05) is 0 Å². The first-order valence-electron chi connectivity index (χ1n) is 13.5. The van der Waals surface area contributed by atoms with E-state index < -0.39 is 0 Å². The van der Waals surface area contributed by atoms with E-state index in [1.807, 2.05) is 30.4 Å². The van der Waals surface area contributed by atoms with Crippen molar-refractivity contribution in [2.24, 2.45) is 0 Å². The van der Waals surface area contributed by atoms with Gasteiger partial charge in [-0.25, -0.2) is 0 Å². The minimum atomic E-state index is 1.05. The fourth-order valence-corrected chi connectivity index (χ4v) is 6.01. The van der Waals surface area contributed by atoms with E-state index in [1.165, 1.54) is 21.7 Å². The molecule has 0 nitrogen and oxygen atoms in total. The van der Waals surface area contributed by atoms with Crippen molar-refractivity contribution in [3.8, 4) is 33.4 Å². The molecule has 0 aliphatic rings. The average molecular weight is 511 g/mol. The van der Waals surface area contributed by atoms with Crippen molar-refractivity contribution in [3.63, 3.8) is 0 Å². The van der Waals surface area contributed by atoms with Gasteiger partial charge in [0.15, 0.2) is 0 Å². The third-order valence-corrected chi connectivity index (χ3v) is 7.79. The van der Waals surface area contributed by atoms with Gasteiger partial charge in [0.25, 0.3) is 0 Å². The van der Waals surface area contributed by atoms with Crippen LogP contribution in [0.3, 0.4) is 0 Å². The van der Waals surface area contributed by atoms with Crippen molar-refractivity contribution in [1.82, 2.24) is 0 Å². The number of benzene rings is 6. The van der Waals surface area contributed by atoms with Gasteiger partial charge in [0.1, 0.15) is 0 Å². The quantitative estimate of drug-likeness (QED) is 0.200. The van der Waals surface area contributed by atoms with Gasteiger partial charge in [-0.15, -0.1) is 0 Å². The van der Waals surface area contributed by atoms with Crippen LogP contribution in [0.25, 0.3) is 79.2 Å². The Morgan fingerprint density at radius 2 is 0.900 bits per heavy atom. The first-order valence-corrected chi connectivity index (χ1v) is 13.5. The van der Waals surface area contributed by atoms with Crippen LogP contribution in [0.4, 0.5) is 0 Å². The SMILES string of the molecule is C=Cc1c(-c2ccccc2)ccc(-c2c(C=C)c(C=C)c(-c3ccc4ccccc4c3)c3ccccc23)c1C=C. The van der Waals surface area contributed by atoms with Gasteiger partial charge in [-0.2, -0.15) is 0 Å². The van der Waals surface area contributed by atoms with Crippen LogP contribution in [-0.4, -0.2) is 0 Å². The minimum Gasteiger partial charge on any atom is -0.0984 e. The molecule has 0 bridgehead atoms. The molecule has 0 fully saturated rings. The lowest BCUT2D eigenvalue weighted by atomic mass is 9.80. The Morgan fingerprint density at radius 1 is 0.375 bits per heavy atom. The highest BCUT2D eigenvalue weighted by atomic mass is 14.2. The number of hydrogen-bond donors (Lipinski definition) is 0. The van der Waals surface area contributed by atoms with Crippen LogP contribution < -0.4 is 0 Å². The Labute approximate surface area is 236 Å². The molecule has 0 heterocycles. The summed E-state index contributed by atoms with van der Waals surface area (Å²) >= 11 is 0. The predicted octanol–water partition coefficient (Wildman–Crippen LogP) is 11.6. The average Bonchev–Trinajstić information content (AvgIpc) is 3.02. The maximum atomic E-state index is 4.29. The van der Waals surface area contributed by atoms with E-state index in [-0.39, 0.29) is 0 Å². The van der Waals surface area contributed by atoms with E-state index in [1.54, 1.807) is 0 Å². The highest BCUT2D eigenvalue weighted by Crippen LogP contribution is 2.46. The summed E-state index contributed by atoms with van der Waals surface area (Å²) in [6, 6.07) is 38.6. The van der Waals surface area contributed by atoms with Gasteiger partial charge in [-0.05, 0) is 83.2 Å². The van der Waals surface area contributed by atoms with Crippen LogP contribution in [0.15, 0.2) is 136 Å². The molecule has 0 heteroatoms. The molecular formula is C40H30. The van der Waals surface area contributed by atoms with Crippen molar-refractivity contribution in [3.05, 3.63) is 158 Å². The molecule has 0 spiro atoms. The third kappa shape index (κ3) is 4.02. The molecule has 0 atom stereocenters. The van der Waals surface area contributed by atoms with Gasteiger partial charge >= 0.3 is 0 Å². The van der Waals surface area contributed by atoms with Crippen LogP contribution in [0.5, 0.6) is 0 Å². The fourth-order valence-electron chi connectivity index (χ4n) is 6.01. The molecule has 0 aliphatic heterocycles. The minimum absolute atomic E-state index is 1.05. The second-order valence-electron chi connectivity index (χ2n) is 9.86. The second-order valence-corrected chi connectivity index (χ2v) is 9.86. The number of hydrogen-bond acceptors (Lipinski definition) is 0. The Kier molecular flexibility index (Phi) is 6.60. The molecule has 6 aromatic rings. The number of fused-ring (bicyclic) bond motifs is 2. The lowest BCUT2D eigenvalue weighted by Gasteiger charge is -2.23. The van der Waals surface area contributed by atoms with E-state index in [4.69, 9.17) is 0 Å². The lowest BCUT2D eigenvalue weighted by molar-refractivity contribution is 1.54. The summed E-state index contributed by atoms with van der Waals surface area (Å²) in [5.41, 5.74) is 11.1. The molecular weight excluding hydrogens is 480 g/mol. The molecule has 40 heavy (non-hydrogen) atoms. The van der Waals surface area contributed by atoms with Gasteiger partial charge in [-0.1, -0.05) is 154 Å². The molecule has 0 unspecified atom stereocenters. The normalized spacial score (nSPS) is 10.9. The Bertz CT molecular complexity index is 1950. The van der Waals surface area contributed by atoms with Crippen LogP contribution >= 0.6 is 0 Å². The largest absolute Gasteiger partial charge is 0.0984 e. The molecule has 0 aromatic heterocycles. The summed E-state index contributed by atoms with van der Waals surface area (Å²) < 4.78 is 0. The van der Waals surface area contributed by atoms with Gasteiger partial charge in [-0.3, -0.25) is 0 Å². The van der Waals surface area contributed by atoms with E-state index >= 15 is 0 Å². The highest BCUT2D eigenvalue weighted by Gasteiger charge is 2.21. The van der Waals surface area contributed by atoms with Crippen LogP contribution in [0, 0.1) is 0 Å². The summed E-state index contributed by atoms with van der Waals surface area (Å²) in [5.74, 6) is 0. The monoisotopic (exact) mass is 510 g/mol. The zero-order valence-corrected chi connectivity index (χ0v) is 22.5. The Balaban J connectivity index is 1.71. The van der Waals surface area contributed by atoms with E-state index in [9.17, 15) is 0 Å². The second kappa shape index (κ2) is 10.5. The summed E-state index contributed by atoms with van der Waals surface area (Å²) in [4.78, 5) is 0. The summed E-state index contributed by atoms with van der Waals surface area (Å²) in [5, 5.41) is 4.78. The Hall–Kier alpha value is -5.20. The van der Waals surface area contributed by atoms with E-state index in [0.29, 0.717) is 0 Å². The van der Waals surface area contributed by atoms with Gasteiger partial charge in [0, 0.05) is 0 Å². The molecule has 0 saturated heterocycles. The van der Waals surface area contributed by atoms with E-state index in [2.05, 4.69) is 129 Å². The zero-order valence-electron chi connectivity index (χ0n) is 22.5. The molecule has 190 valence electrons. The first kappa shape index (κ1) is 25.1. The predicted molar refractivity (Wildman–Crippen MR) is 178 cm³/mol. The Morgan fingerprint density at radius 3 is 1.57 bits per heavy atom. The standard InChI is InChI=1S/C40H30/c1-5-31-32(6-2)38(25-24-35(31)28-17-10-9-11-18-28)40-34(8-4)33(7-3)39(36-20-14-15-21-37(36)40)30-23-22-27-16-12-13-19-29(27)26-30/h5-26H,1-4H2. The van der Waals surface area contributed by atoms with Crippen molar-refractivity contribution < 1.29 is 0 Å².